The number of thiophene rings is 1. The monoisotopic (exact) mass is 697 g/mol. The highest BCUT2D eigenvalue weighted by Crippen LogP contribution is 2.41. The molecule has 2 aromatic heterocycles. The number of thiocarbonyl (C=S) groups is 1. The molecular weight excluding hydrogens is 681 g/mol. The summed E-state index contributed by atoms with van der Waals surface area (Å²) in [5.74, 6) is -2.52. The Labute approximate surface area is 268 Å². The van der Waals surface area contributed by atoms with E-state index >= 15 is 0 Å². The van der Waals surface area contributed by atoms with E-state index in [1.807, 2.05) is 0 Å². The van der Waals surface area contributed by atoms with Crippen LogP contribution < -0.4 is 5.32 Å². The molecule has 1 aliphatic heterocycles. The molecule has 4 aromatic rings. The van der Waals surface area contributed by atoms with Gasteiger partial charge in [-0.1, -0.05) is 24.0 Å². The number of hydrogen-bond acceptors (Lipinski definition) is 8. The third-order valence-electron chi connectivity index (χ3n) is 6.48. The van der Waals surface area contributed by atoms with Crippen molar-refractivity contribution in [3.8, 4) is 11.1 Å². The first-order chi connectivity index (χ1) is 21.6. The maximum absolute atomic E-state index is 13.6. The van der Waals surface area contributed by atoms with Crippen LogP contribution in [0.1, 0.15) is 26.4 Å². The van der Waals surface area contributed by atoms with Crippen molar-refractivity contribution >= 4 is 69.2 Å². The number of halogens is 6. The third kappa shape index (κ3) is 7.29. The molecule has 18 heteroatoms. The Kier molecular flexibility index (Phi) is 9.05. The van der Waals surface area contributed by atoms with Gasteiger partial charge in [-0.05, 0) is 71.1 Å². The van der Waals surface area contributed by atoms with Crippen LogP contribution in [-0.4, -0.2) is 52.9 Å². The molecule has 0 spiro atoms. The molecule has 0 bridgehead atoms. The number of thioether (sulfide) groups is 1. The summed E-state index contributed by atoms with van der Waals surface area (Å²) in [7, 11) is 0. The number of hydrogen-bond donors (Lipinski definition) is 2. The van der Waals surface area contributed by atoms with Crippen molar-refractivity contribution in [3.05, 3.63) is 93.0 Å². The molecule has 2 N–H and O–H groups in total. The molecule has 1 fully saturated rings. The van der Waals surface area contributed by atoms with Crippen molar-refractivity contribution in [2.75, 3.05) is 5.32 Å². The summed E-state index contributed by atoms with van der Waals surface area (Å²) in [6, 6.07) is 6.67. The second-order valence-corrected chi connectivity index (χ2v) is 12.2. The number of anilines is 1. The van der Waals surface area contributed by atoms with E-state index in [0.717, 1.165) is 28.0 Å². The normalized spacial score (nSPS) is 15.4. The summed E-state index contributed by atoms with van der Waals surface area (Å²) in [4.78, 5) is 43.4. The molecule has 2 aromatic carbocycles. The molecule has 0 aliphatic carbocycles. The Morgan fingerprint density at radius 1 is 1.00 bits per heavy atom. The van der Waals surface area contributed by atoms with Crippen LogP contribution in [-0.2, 0) is 28.5 Å². The van der Waals surface area contributed by atoms with Gasteiger partial charge in [0.05, 0.1) is 28.1 Å². The summed E-state index contributed by atoms with van der Waals surface area (Å²) in [5.41, 5.74) is -2.92. The van der Waals surface area contributed by atoms with Gasteiger partial charge in [-0.2, -0.15) is 31.4 Å². The van der Waals surface area contributed by atoms with Gasteiger partial charge in [-0.15, -0.1) is 11.3 Å². The average molecular weight is 698 g/mol. The van der Waals surface area contributed by atoms with E-state index in [2.05, 4.69) is 15.4 Å². The molecule has 0 radical (unpaired) electrons. The van der Waals surface area contributed by atoms with E-state index in [1.165, 1.54) is 59.1 Å². The standard InChI is InChI=1S/C28H17F6N5O4S3/c29-27(30,31)17-5-15(6-18(8-17)28(32,33)34)16-7-20(45-11-16)9-22-24(41)39(26(44)46-22)21(10-38-13-35-12-36-38)23(40)37-19-3-1-14(2-4-19)25(42)43/h1-9,11-13,21H,10H2,(H,37,40)(H,42,43)/b22-9-/t21-/m0/s1. The van der Waals surface area contributed by atoms with Crippen LogP contribution in [0.2, 0.25) is 0 Å². The quantitative estimate of drug-likeness (QED) is 0.119. The van der Waals surface area contributed by atoms with Crippen LogP contribution in [0.3, 0.4) is 0 Å². The number of nitrogens with zero attached hydrogens (tertiary/aromatic N) is 4. The molecule has 1 saturated heterocycles. The fourth-order valence-corrected chi connectivity index (χ4v) is 6.56. The smallest absolute Gasteiger partial charge is 0.416 e. The fourth-order valence-electron chi connectivity index (χ4n) is 4.29. The second kappa shape index (κ2) is 12.7. The van der Waals surface area contributed by atoms with Crippen molar-refractivity contribution < 1.29 is 45.8 Å². The average Bonchev–Trinajstić information content (AvgIpc) is 3.73. The predicted molar refractivity (Wildman–Crippen MR) is 161 cm³/mol. The lowest BCUT2D eigenvalue weighted by atomic mass is 10.0. The number of aromatic nitrogens is 3. The number of benzene rings is 2. The second-order valence-electron chi connectivity index (χ2n) is 9.59. The summed E-state index contributed by atoms with van der Waals surface area (Å²) in [6.07, 6.45) is -6.11. The van der Waals surface area contributed by atoms with E-state index in [9.17, 15) is 40.7 Å². The van der Waals surface area contributed by atoms with Crippen molar-refractivity contribution in [3.63, 3.8) is 0 Å². The van der Waals surface area contributed by atoms with Crippen molar-refractivity contribution in [2.45, 2.75) is 24.9 Å². The van der Waals surface area contributed by atoms with Gasteiger partial charge in [0.25, 0.3) is 5.91 Å². The lowest BCUT2D eigenvalue weighted by Crippen LogP contribution is -2.48. The fraction of sp³-hybridized carbons (Fsp3) is 0.143. The minimum atomic E-state index is -5.01. The maximum Gasteiger partial charge on any atom is 0.416 e. The third-order valence-corrected chi connectivity index (χ3v) is 8.69. The highest BCUT2D eigenvalue weighted by molar-refractivity contribution is 8.26. The van der Waals surface area contributed by atoms with Crippen molar-refractivity contribution in [1.29, 1.82) is 0 Å². The zero-order valence-electron chi connectivity index (χ0n) is 22.7. The number of alkyl halides is 6. The molecule has 5 rings (SSSR count). The van der Waals surface area contributed by atoms with Gasteiger partial charge >= 0.3 is 18.3 Å². The first kappa shape index (κ1) is 32.8. The van der Waals surface area contributed by atoms with E-state index in [0.29, 0.717) is 17.0 Å². The van der Waals surface area contributed by atoms with Gasteiger partial charge in [0.15, 0.2) is 0 Å². The van der Waals surface area contributed by atoms with E-state index in [-0.39, 0.29) is 44.2 Å². The number of carbonyl (C=O) groups excluding carboxylic acids is 2. The molecule has 1 aliphatic rings. The molecule has 3 heterocycles. The molecule has 46 heavy (non-hydrogen) atoms. The van der Waals surface area contributed by atoms with E-state index in [1.54, 1.807) is 0 Å². The number of amides is 2. The van der Waals surface area contributed by atoms with Gasteiger partial charge < -0.3 is 10.4 Å². The molecular formula is C28H17F6N5O4S3. The highest BCUT2D eigenvalue weighted by Gasteiger charge is 2.41. The Hall–Kier alpha value is -4.55. The van der Waals surface area contributed by atoms with Crippen LogP contribution in [0, 0.1) is 0 Å². The first-order valence-electron chi connectivity index (χ1n) is 12.7. The van der Waals surface area contributed by atoms with Crippen LogP contribution in [0.25, 0.3) is 17.2 Å². The number of aromatic carboxylic acids is 1. The molecule has 0 saturated carbocycles. The zero-order chi connectivity index (χ0) is 33.4. The molecule has 2 amide bonds. The Morgan fingerprint density at radius 2 is 1.65 bits per heavy atom. The number of rotatable bonds is 8. The van der Waals surface area contributed by atoms with Crippen LogP contribution >= 0.6 is 35.3 Å². The topological polar surface area (TPSA) is 117 Å². The van der Waals surface area contributed by atoms with Crippen LogP contribution in [0.15, 0.2) is 71.5 Å². The summed E-state index contributed by atoms with van der Waals surface area (Å²) < 4.78 is 81.5. The lowest BCUT2D eigenvalue weighted by Gasteiger charge is -2.25. The van der Waals surface area contributed by atoms with Gasteiger partial charge in [-0.25, -0.2) is 9.78 Å². The highest BCUT2D eigenvalue weighted by atomic mass is 32.2. The Bertz CT molecular complexity index is 1820. The SMILES string of the molecule is O=C(O)c1ccc(NC(=O)[C@H](Cn2cncn2)N2C(=O)/C(=C/c3cc(-c4cc(C(F)(F)F)cc(C(F)(F)F)c4)cs3)SC2=S)cc1. The zero-order valence-corrected chi connectivity index (χ0v) is 25.1. The largest absolute Gasteiger partial charge is 0.478 e. The Morgan fingerprint density at radius 3 is 2.22 bits per heavy atom. The number of carboxylic acid groups (broad SMARTS) is 1. The molecule has 9 nitrogen and oxygen atoms in total. The lowest BCUT2D eigenvalue weighted by molar-refractivity contribution is -0.143. The Balaban J connectivity index is 1.42. The molecule has 238 valence electrons. The number of carboxylic acids is 1. The number of carbonyl (C=O) groups is 3. The summed E-state index contributed by atoms with van der Waals surface area (Å²) in [6.45, 7) is -0.168. The van der Waals surface area contributed by atoms with Crippen LogP contribution in [0.5, 0.6) is 0 Å². The minimum Gasteiger partial charge on any atom is -0.478 e. The van der Waals surface area contributed by atoms with Gasteiger partial charge in [0, 0.05) is 10.6 Å². The predicted octanol–water partition coefficient (Wildman–Crippen LogP) is 6.65. The first-order valence-corrected chi connectivity index (χ1v) is 14.8. The van der Waals surface area contributed by atoms with E-state index in [4.69, 9.17) is 17.3 Å². The van der Waals surface area contributed by atoms with Crippen molar-refractivity contribution in [1.82, 2.24) is 19.7 Å². The summed E-state index contributed by atoms with van der Waals surface area (Å²) in [5, 5.41) is 17.1. The molecule has 0 unspecified atom stereocenters. The molecule has 1 atom stereocenters. The van der Waals surface area contributed by atoms with Crippen molar-refractivity contribution in [2.24, 2.45) is 0 Å². The summed E-state index contributed by atoms with van der Waals surface area (Å²) >= 11 is 7.25. The maximum atomic E-state index is 13.6. The minimum absolute atomic E-state index is 0.00205. The van der Waals surface area contributed by atoms with Crippen LogP contribution in [0.4, 0.5) is 32.0 Å². The number of nitrogens with one attached hydrogen (secondary N) is 1. The van der Waals surface area contributed by atoms with Gasteiger partial charge in [0.1, 0.15) is 23.0 Å². The van der Waals surface area contributed by atoms with Gasteiger partial charge in [0.2, 0.25) is 5.91 Å². The van der Waals surface area contributed by atoms with Gasteiger partial charge in [-0.3, -0.25) is 19.2 Å². The van der Waals surface area contributed by atoms with E-state index < -0.39 is 47.3 Å².